The van der Waals surface area contributed by atoms with Crippen molar-refractivity contribution >= 4 is 5.91 Å². The summed E-state index contributed by atoms with van der Waals surface area (Å²) < 4.78 is 0. The number of hydrogen-bond acceptors (Lipinski definition) is 1. The molecule has 0 bridgehead atoms. The molecule has 0 aromatic heterocycles. The fourth-order valence-corrected chi connectivity index (χ4v) is 1.16. The highest BCUT2D eigenvalue weighted by Gasteiger charge is 1.95. The summed E-state index contributed by atoms with van der Waals surface area (Å²) >= 11 is 0. The lowest BCUT2D eigenvalue weighted by atomic mass is 10.2. The molecule has 100 valence electrons. The molecule has 0 aliphatic heterocycles. The summed E-state index contributed by atoms with van der Waals surface area (Å²) in [5, 5.41) is 2.83. The molecule has 0 fully saturated rings. The third-order valence-corrected chi connectivity index (χ3v) is 2.12. The Kier molecular flexibility index (Phi) is 10.9. The number of nitrogens with one attached hydrogen (secondary N) is 1. The summed E-state index contributed by atoms with van der Waals surface area (Å²) in [7, 11) is 0. The highest BCUT2D eigenvalue weighted by atomic mass is 16.1. The topological polar surface area (TPSA) is 29.1 Å². The second kappa shape index (κ2) is 11.9. The van der Waals surface area contributed by atoms with E-state index in [0.29, 0.717) is 5.92 Å². The summed E-state index contributed by atoms with van der Waals surface area (Å²) in [4.78, 5) is 11.3. The van der Waals surface area contributed by atoms with Crippen LogP contribution >= 0.6 is 0 Å². The molecule has 2 nitrogen and oxygen atoms in total. The minimum Gasteiger partial charge on any atom is -0.352 e. The van der Waals surface area contributed by atoms with E-state index in [-0.39, 0.29) is 5.91 Å². The molecule has 0 aliphatic carbocycles. The molecular weight excluding hydrogens is 222 g/mol. The molecule has 0 unspecified atom stereocenters. The van der Waals surface area contributed by atoms with Gasteiger partial charge in [-0.05, 0) is 25.7 Å². The monoisotopic (exact) mass is 247 g/mol. The first-order chi connectivity index (χ1) is 8.66. The highest BCUT2D eigenvalue weighted by Crippen LogP contribution is 1.94. The molecule has 0 heterocycles. The second-order valence-electron chi connectivity index (χ2n) is 4.46. The van der Waals surface area contributed by atoms with E-state index >= 15 is 0 Å². The molecule has 0 atom stereocenters. The van der Waals surface area contributed by atoms with Crippen molar-refractivity contribution in [2.24, 2.45) is 5.92 Å². The Labute approximate surface area is 111 Å². The predicted molar refractivity (Wildman–Crippen MR) is 79.3 cm³/mol. The van der Waals surface area contributed by atoms with Gasteiger partial charge in [-0.1, -0.05) is 56.4 Å². The van der Waals surface area contributed by atoms with Gasteiger partial charge in [-0.25, -0.2) is 0 Å². The smallest absolute Gasteiger partial charge is 0.243 e. The standard InChI is InChI=1S/C16H25NO/c1-4-5-6-7-8-9-10-11-12-13-16(18)17-14-15(2)3/h4-7,10-13,15H,8-9,14H2,1-3H3,(H,17,18)/b5-4-,7-6+,11-10+,13-12-. The Balaban J connectivity index is 3.64. The van der Waals surface area contributed by atoms with Crippen LogP contribution in [0.1, 0.15) is 33.6 Å². The van der Waals surface area contributed by atoms with Crippen LogP contribution in [0.5, 0.6) is 0 Å². The van der Waals surface area contributed by atoms with Crippen LogP contribution in [-0.4, -0.2) is 12.5 Å². The summed E-state index contributed by atoms with van der Waals surface area (Å²) in [5.74, 6) is 0.461. The zero-order valence-corrected chi connectivity index (χ0v) is 11.7. The maximum absolute atomic E-state index is 11.3. The van der Waals surface area contributed by atoms with Crippen molar-refractivity contribution in [2.45, 2.75) is 33.6 Å². The van der Waals surface area contributed by atoms with E-state index in [1.54, 1.807) is 12.2 Å². The van der Waals surface area contributed by atoms with Crippen LogP contribution in [0.15, 0.2) is 48.6 Å². The Bertz CT molecular complexity index is 322. The third-order valence-electron chi connectivity index (χ3n) is 2.12. The lowest BCUT2D eigenvalue weighted by molar-refractivity contribution is -0.116. The molecule has 18 heavy (non-hydrogen) atoms. The number of carbonyl (C=O) groups is 1. The zero-order valence-electron chi connectivity index (χ0n) is 11.7. The Morgan fingerprint density at radius 2 is 1.67 bits per heavy atom. The quantitative estimate of drug-likeness (QED) is 0.395. The van der Waals surface area contributed by atoms with Crippen molar-refractivity contribution in [3.05, 3.63) is 48.6 Å². The van der Waals surface area contributed by atoms with Crippen molar-refractivity contribution in [3.63, 3.8) is 0 Å². The molecule has 0 saturated heterocycles. The fraction of sp³-hybridized carbons (Fsp3) is 0.438. The van der Waals surface area contributed by atoms with E-state index in [0.717, 1.165) is 19.4 Å². The number of rotatable bonds is 8. The first-order valence-corrected chi connectivity index (χ1v) is 6.55. The van der Waals surface area contributed by atoms with E-state index < -0.39 is 0 Å². The fourth-order valence-electron chi connectivity index (χ4n) is 1.16. The molecule has 0 saturated carbocycles. The van der Waals surface area contributed by atoms with Gasteiger partial charge in [0, 0.05) is 12.6 Å². The normalized spacial score (nSPS) is 12.7. The summed E-state index contributed by atoms with van der Waals surface area (Å²) in [6.07, 6.45) is 17.5. The minimum absolute atomic E-state index is 0.0265. The molecule has 0 aromatic rings. The maximum atomic E-state index is 11.3. The minimum atomic E-state index is -0.0265. The van der Waals surface area contributed by atoms with Gasteiger partial charge >= 0.3 is 0 Å². The van der Waals surface area contributed by atoms with Crippen molar-refractivity contribution in [1.82, 2.24) is 5.32 Å². The highest BCUT2D eigenvalue weighted by molar-refractivity contribution is 5.87. The maximum Gasteiger partial charge on any atom is 0.243 e. The van der Waals surface area contributed by atoms with Crippen LogP contribution in [0, 0.1) is 5.92 Å². The van der Waals surface area contributed by atoms with Crippen molar-refractivity contribution in [2.75, 3.05) is 6.54 Å². The summed E-state index contributed by atoms with van der Waals surface area (Å²) in [5.41, 5.74) is 0. The van der Waals surface area contributed by atoms with Crippen molar-refractivity contribution in [3.8, 4) is 0 Å². The number of amides is 1. The molecule has 0 radical (unpaired) electrons. The Hall–Kier alpha value is -1.57. The van der Waals surface area contributed by atoms with Crippen molar-refractivity contribution < 1.29 is 4.79 Å². The number of unbranched alkanes of at least 4 members (excludes halogenated alkanes) is 1. The Morgan fingerprint density at radius 3 is 2.22 bits per heavy atom. The zero-order chi connectivity index (χ0) is 13.6. The summed E-state index contributed by atoms with van der Waals surface area (Å²) in [6, 6.07) is 0. The van der Waals surface area contributed by atoms with Crippen LogP contribution in [0.4, 0.5) is 0 Å². The van der Waals surface area contributed by atoms with Crippen LogP contribution < -0.4 is 5.32 Å². The van der Waals surface area contributed by atoms with E-state index in [2.05, 4.69) is 31.3 Å². The molecule has 2 heteroatoms. The van der Waals surface area contributed by atoms with Gasteiger partial charge < -0.3 is 5.32 Å². The summed E-state index contributed by atoms with van der Waals surface area (Å²) in [6.45, 7) is 6.87. The third kappa shape index (κ3) is 12.5. The van der Waals surface area contributed by atoms with Gasteiger partial charge in [0.05, 0.1) is 0 Å². The molecule has 1 amide bonds. The van der Waals surface area contributed by atoms with Gasteiger partial charge in [-0.15, -0.1) is 0 Å². The lowest BCUT2D eigenvalue weighted by Gasteiger charge is -2.03. The van der Waals surface area contributed by atoms with Crippen LogP contribution in [0.25, 0.3) is 0 Å². The van der Waals surface area contributed by atoms with E-state index in [1.165, 1.54) is 0 Å². The molecule has 0 aliphatic rings. The van der Waals surface area contributed by atoms with Gasteiger partial charge in [0.25, 0.3) is 0 Å². The largest absolute Gasteiger partial charge is 0.352 e. The van der Waals surface area contributed by atoms with Crippen LogP contribution in [0.2, 0.25) is 0 Å². The Morgan fingerprint density at radius 1 is 1.06 bits per heavy atom. The van der Waals surface area contributed by atoms with Crippen LogP contribution in [-0.2, 0) is 4.79 Å². The lowest BCUT2D eigenvalue weighted by Crippen LogP contribution is -2.25. The SMILES string of the molecule is C/C=C\C=C\CC/C=C/C=C\C(=O)NCC(C)C. The first kappa shape index (κ1) is 16.4. The van der Waals surface area contributed by atoms with E-state index in [1.807, 2.05) is 31.2 Å². The van der Waals surface area contributed by atoms with E-state index in [4.69, 9.17) is 0 Å². The molecule has 0 rings (SSSR count). The number of carbonyl (C=O) groups excluding carboxylic acids is 1. The number of allylic oxidation sites excluding steroid dienone is 7. The molecular formula is C16H25NO. The molecule has 0 spiro atoms. The van der Waals surface area contributed by atoms with Gasteiger partial charge in [0.1, 0.15) is 0 Å². The van der Waals surface area contributed by atoms with Gasteiger partial charge in [0.15, 0.2) is 0 Å². The number of hydrogen-bond donors (Lipinski definition) is 1. The van der Waals surface area contributed by atoms with Crippen LogP contribution in [0.3, 0.4) is 0 Å². The second-order valence-corrected chi connectivity index (χ2v) is 4.46. The average Bonchev–Trinajstić information content (AvgIpc) is 2.34. The van der Waals surface area contributed by atoms with Crippen molar-refractivity contribution in [1.29, 1.82) is 0 Å². The van der Waals surface area contributed by atoms with Gasteiger partial charge in [0.2, 0.25) is 5.91 Å². The van der Waals surface area contributed by atoms with Gasteiger partial charge in [-0.2, -0.15) is 0 Å². The molecule has 0 aromatic carbocycles. The first-order valence-electron chi connectivity index (χ1n) is 6.55. The average molecular weight is 247 g/mol. The molecule has 1 N–H and O–H groups in total. The van der Waals surface area contributed by atoms with E-state index in [9.17, 15) is 4.79 Å². The van der Waals surface area contributed by atoms with Gasteiger partial charge in [-0.3, -0.25) is 4.79 Å². The predicted octanol–water partition coefficient (Wildman–Crippen LogP) is 3.78.